The van der Waals surface area contributed by atoms with Crippen molar-refractivity contribution in [2.45, 2.75) is 12.5 Å². The van der Waals surface area contributed by atoms with Crippen LogP contribution in [0.4, 0.5) is 11.5 Å². The van der Waals surface area contributed by atoms with E-state index >= 15 is 0 Å². The van der Waals surface area contributed by atoms with E-state index in [-0.39, 0.29) is 17.6 Å². The molecule has 0 spiro atoms. The van der Waals surface area contributed by atoms with Crippen molar-refractivity contribution in [3.63, 3.8) is 0 Å². The van der Waals surface area contributed by atoms with E-state index in [1.54, 1.807) is 35.1 Å². The monoisotopic (exact) mass is 316 g/mol. The minimum Gasteiger partial charge on any atom is -0.365 e. The second-order valence-corrected chi connectivity index (χ2v) is 5.44. The Kier molecular flexibility index (Phi) is 3.92. The van der Waals surface area contributed by atoms with Crippen molar-refractivity contribution in [1.29, 1.82) is 0 Å². The zero-order valence-corrected chi connectivity index (χ0v) is 12.5. The number of hydrogen-bond acceptors (Lipinski definition) is 6. The maximum Gasteiger partial charge on any atom is 0.287 e. The van der Waals surface area contributed by atoms with Crippen LogP contribution in [-0.4, -0.2) is 49.6 Å². The molecular formula is C14H16N6O3. The number of rotatable bonds is 4. The number of nitrogens with zero attached hydrogens (tertiary/aromatic N) is 5. The summed E-state index contributed by atoms with van der Waals surface area (Å²) < 4.78 is 1.60. The topological polar surface area (TPSA) is 106 Å². The molecule has 1 N–H and O–H groups in total. The first-order chi connectivity index (χ1) is 11.0. The molecule has 3 heterocycles. The fourth-order valence-corrected chi connectivity index (χ4v) is 2.57. The maximum atomic E-state index is 12.3. The van der Waals surface area contributed by atoms with Gasteiger partial charge in [0, 0.05) is 38.4 Å². The number of carbonyl (C=O) groups excluding carboxylic acids is 1. The number of amides is 1. The lowest BCUT2D eigenvalue weighted by Gasteiger charge is -2.16. The van der Waals surface area contributed by atoms with E-state index in [9.17, 15) is 14.9 Å². The van der Waals surface area contributed by atoms with Crippen LogP contribution in [0.2, 0.25) is 0 Å². The zero-order valence-electron chi connectivity index (χ0n) is 12.5. The van der Waals surface area contributed by atoms with Crippen molar-refractivity contribution in [3.8, 4) is 0 Å². The summed E-state index contributed by atoms with van der Waals surface area (Å²) in [6, 6.07) is 3.05. The van der Waals surface area contributed by atoms with Gasteiger partial charge in [-0.3, -0.25) is 19.6 Å². The van der Waals surface area contributed by atoms with Gasteiger partial charge in [0.25, 0.3) is 11.6 Å². The van der Waals surface area contributed by atoms with Crippen LogP contribution in [0.15, 0.2) is 30.7 Å². The van der Waals surface area contributed by atoms with Gasteiger partial charge < -0.3 is 10.2 Å². The maximum absolute atomic E-state index is 12.3. The largest absolute Gasteiger partial charge is 0.365 e. The number of aryl methyl sites for hydroxylation is 1. The Balaban J connectivity index is 1.59. The Morgan fingerprint density at radius 2 is 2.26 bits per heavy atom. The molecule has 9 nitrogen and oxygen atoms in total. The van der Waals surface area contributed by atoms with E-state index in [4.69, 9.17) is 0 Å². The highest BCUT2D eigenvalue weighted by molar-refractivity contribution is 5.94. The number of likely N-dealkylation sites (tertiary alicyclic amines) is 1. The average molecular weight is 316 g/mol. The van der Waals surface area contributed by atoms with Crippen molar-refractivity contribution in [3.05, 3.63) is 46.4 Å². The van der Waals surface area contributed by atoms with Crippen LogP contribution in [-0.2, 0) is 7.05 Å². The number of pyridine rings is 1. The summed E-state index contributed by atoms with van der Waals surface area (Å²) >= 11 is 0. The van der Waals surface area contributed by atoms with E-state index < -0.39 is 4.92 Å². The number of nitrogens with one attached hydrogen (secondary N) is 1. The van der Waals surface area contributed by atoms with Gasteiger partial charge in [-0.2, -0.15) is 5.10 Å². The van der Waals surface area contributed by atoms with Gasteiger partial charge in [-0.1, -0.05) is 0 Å². The minimum absolute atomic E-state index is 0.0425. The number of nitro groups is 1. The van der Waals surface area contributed by atoms with E-state index in [1.165, 1.54) is 12.3 Å². The highest BCUT2D eigenvalue weighted by Gasteiger charge is 2.27. The molecule has 1 aliphatic rings. The van der Waals surface area contributed by atoms with Crippen LogP contribution in [0.25, 0.3) is 0 Å². The summed E-state index contributed by atoms with van der Waals surface area (Å²) in [4.78, 5) is 28.2. The molecule has 1 atom stereocenters. The summed E-state index contributed by atoms with van der Waals surface area (Å²) in [5.74, 6) is 0.523. The van der Waals surface area contributed by atoms with Gasteiger partial charge in [0.15, 0.2) is 0 Å². The quantitative estimate of drug-likeness (QED) is 0.667. The first kappa shape index (κ1) is 14.9. The first-order valence-corrected chi connectivity index (χ1v) is 7.18. The Morgan fingerprint density at radius 3 is 2.87 bits per heavy atom. The molecule has 9 heteroatoms. The highest BCUT2D eigenvalue weighted by atomic mass is 16.6. The molecule has 0 unspecified atom stereocenters. The molecule has 2 aromatic rings. The van der Waals surface area contributed by atoms with E-state index in [0.29, 0.717) is 24.5 Å². The third-order valence-corrected chi connectivity index (χ3v) is 3.74. The number of anilines is 1. The fraction of sp³-hybridized carbons (Fsp3) is 0.357. The van der Waals surface area contributed by atoms with Gasteiger partial charge in [-0.05, 0) is 12.5 Å². The molecule has 2 aromatic heterocycles. The lowest BCUT2D eigenvalue weighted by Crippen LogP contribution is -2.31. The standard InChI is InChI=1S/C14H16N6O3/c1-18-8-10(6-16-18)14(21)19-5-4-11(9-19)17-13-3-2-12(7-15-13)20(22)23/h2-3,6-8,11H,4-5,9H2,1H3,(H,15,17)/t11-/m0/s1. The van der Waals surface area contributed by atoms with Crippen molar-refractivity contribution >= 4 is 17.4 Å². The Hall–Kier alpha value is -2.97. The summed E-state index contributed by atoms with van der Waals surface area (Å²) in [5, 5.41) is 17.8. The van der Waals surface area contributed by atoms with Gasteiger partial charge in [0.1, 0.15) is 12.0 Å². The van der Waals surface area contributed by atoms with Crippen LogP contribution >= 0.6 is 0 Å². The van der Waals surface area contributed by atoms with Gasteiger partial charge in [0.2, 0.25) is 0 Å². The predicted octanol–water partition coefficient (Wildman–Crippen LogP) is 1.05. The van der Waals surface area contributed by atoms with Crippen molar-refractivity contribution < 1.29 is 9.72 Å². The SMILES string of the molecule is Cn1cc(C(=O)N2CC[C@H](Nc3ccc([N+](=O)[O-])cn3)C2)cn1. The third kappa shape index (κ3) is 3.28. The molecule has 0 aliphatic carbocycles. The number of hydrogen-bond donors (Lipinski definition) is 1. The van der Waals surface area contributed by atoms with Crippen LogP contribution in [0.1, 0.15) is 16.8 Å². The highest BCUT2D eigenvalue weighted by Crippen LogP contribution is 2.18. The normalized spacial score (nSPS) is 17.3. The summed E-state index contributed by atoms with van der Waals surface area (Å²) in [7, 11) is 1.77. The summed E-state index contributed by atoms with van der Waals surface area (Å²) in [5.41, 5.74) is 0.525. The molecule has 1 fully saturated rings. The van der Waals surface area contributed by atoms with Crippen LogP contribution in [0, 0.1) is 10.1 Å². The molecule has 0 bridgehead atoms. The van der Waals surface area contributed by atoms with E-state index in [0.717, 1.165) is 6.42 Å². The smallest absolute Gasteiger partial charge is 0.287 e. The van der Waals surface area contributed by atoms with Gasteiger partial charge in [-0.25, -0.2) is 4.98 Å². The minimum atomic E-state index is -0.485. The molecule has 0 radical (unpaired) electrons. The molecule has 1 amide bonds. The zero-order chi connectivity index (χ0) is 16.4. The molecule has 120 valence electrons. The second kappa shape index (κ2) is 6.03. The summed E-state index contributed by atoms with van der Waals surface area (Å²) in [6.45, 7) is 1.21. The van der Waals surface area contributed by atoms with E-state index in [1.807, 2.05) is 0 Å². The van der Waals surface area contributed by atoms with Crippen molar-refractivity contribution in [2.24, 2.45) is 7.05 Å². The predicted molar refractivity (Wildman–Crippen MR) is 82.0 cm³/mol. The van der Waals surface area contributed by atoms with Gasteiger partial charge in [-0.15, -0.1) is 0 Å². The molecule has 23 heavy (non-hydrogen) atoms. The third-order valence-electron chi connectivity index (χ3n) is 3.74. The van der Waals surface area contributed by atoms with Crippen LogP contribution < -0.4 is 5.32 Å². The second-order valence-electron chi connectivity index (χ2n) is 5.44. The van der Waals surface area contributed by atoms with Crippen LogP contribution in [0.3, 0.4) is 0 Å². The molecule has 1 aliphatic heterocycles. The number of carbonyl (C=O) groups is 1. The number of aromatic nitrogens is 3. The Morgan fingerprint density at radius 1 is 1.43 bits per heavy atom. The first-order valence-electron chi connectivity index (χ1n) is 7.18. The molecule has 0 saturated carbocycles. The molecular weight excluding hydrogens is 300 g/mol. The fourth-order valence-electron chi connectivity index (χ4n) is 2.57. The molecule has 0 aromatic carbocycles. The van der Waals surface area contributed by atoms with E-state index in [2.05, 4.69) is 15.4 Å². The summed E-state index contributed by atoms with van der Waals surface area (Å²) in [6.07, 6.45) is 5.27. The molecule has 3 rings (SSSR count). The Bertz CT molecular complexity index is 726. The van der Waals surface area contributed by atoms with Gasteiger partial charge in [0.05, 0.1) is 16.7 Å². The lowest BCUT2D eigenvalue weighted by molar-refractivity contribution is -0.385. The van der Waals surface area contributed by atoms with Gasteiger partial charge >= 0.3 is 0 Å². The Labute approximate surface area is 132 Å². The lowest BCUT2D eigenvalue weighted by atomic mass is 10.2. The average Bonchev–Trinajstić information content (AvgIpc) is 3.16. The van der Waals surface area contributed by atoms with Crippen molar-refractivity contribution in [1.82, 2.24) is 19.7 Å². The molecule has 1 saturated heterocycles. The van der Waals surface area contributed by atoms with Crippen molar-refractivity contribution in [2.75, 3.05) is 18.4 Å². The van der Waals surface area contributed by atoms with Crippen LogP contribution in [0.5, 0.6) is 0 Å².